The first-order valence-electron chi connectivity index (χ1n) is 5.46. The molecule has 0 bridgehead atoms. The first kappa shape index (κ1) is 14.3. The van der Waals surface area contributed by atoms with Crippen LogP contribution in [0.25, 0.3) is 0 Å². The molecular weight excluding hydrogens is 298 g/mol. The van der Waals surface area contributed by atoms with Gasteiger partial charge >= 0.3 is 0 Å². The lowest BCUT2D eigenvalue weighted by Gasteiger charge is -2.04. The summed E-state index contributed by atoms with van der Waals surface area (Å²) in [6.45, 7) is 0. The first-order chi connectivity index (χ1) is 9.54. The van der Waals surface area contributed by atoms with Gasteiger partial charge in [0.15, 0.2) is 4.34 Å². The highest BCUT2D eigenvalue weighted by atomic mass is 32.2. The lowest BCUT2D eigenvalue weighted by molar-refractivity contribution is -0.113. The van der Waals surface area contributed by atoms with Gasteiger partial charge in [-0.1, -0.05) is 23.1 Å². The van der Waals surface area contributed by atoms with Crippen molar-refractivity contribution in [2.45, 2.75) is 4.34 Å². The van der Waals surface area contributed by atoms with Crippen molar-refractivity contribution in [2.75, 3.05) is 16.8 Å². The number of carbonyl (C=O) groups excluding carboxylic acids is 2. The predicted molar refractivity (Wildman–Crippen MR) is 78.6 cm³/mol. The van der Waals surface area contributed by atoms with Gasteiger partial charge < -0.3 is 16.8 Å². The van der Waals surface area contributed by atoms with Crippen LogP contribution in [-0.4, -0.2) is 27.8 Å². The third kappa shape index (κ3) is 3.93. The smallest absolute Gasteiger partial charge is 0.248 e. The summed E-state index contributed by atoms with van der Waals surface area (Å²) in [7, 11) is 0. The number of anilines is 2. The maximum absolute atomic E-state index is 11.7. The molecule has 2 rings (SSSR count). The zero-order chi connectivity index (χ0) is 14.5. The molecule has 0 unspecified atom stereocenters. The maximum atomic E-state index is 11.7. The van der Waals surface area contributed by atoms with Gasteiger partial charge in [0.1, 0.15) is 0 Å². The Labute approximate surface area is 122 Å². The summed E-state index contributed by atoms with van der Waals surface area (Å²) in [5, 5.41) is 10.5. The molecule has 0 atom stereocenters. The number of primary amides is 1. The van der Waals surface area contributed by atoms with Gasteiger partial charge in [-0.15, -0.1) is 10.2 Å². The number of nitrogens with one attached hydrogen (secondary N) is 1. The van der Waals surface area contributed by atoms with Crippen LogP contribution >= 0.6 is 23.1 Å². The van der Waals surface area contributed by atoms with Crippen molar-refractivity contribution in [2.24, 2.45) is 5.73 Å². The quantitative estimate of drug-likeness (QED) is 0.706. The Kier molecular flexibility index (Phi) is 4.53. The Bertz CT molecular complexity index is 626. The minimum atomic E-state index is -0.507. The number of nitrogens with zero attached hydrogens (tertiary/aromatic N) is 2. The zero-order valence-electron chi connectivity index (χ0n) is 10.2. The van der Waals surface area contributed by atoms with Crippen LogP contribution in [0.4, 0.5) is 10.8 Å². The molecule has 20 heavy (non-hydrogen) atoms. The van der Waals surface area contributed by atoms with Crippen molar-refractivity contribution in [1.82, 2.24) is 10.2 Å². The fourth-order valence-corrected chi connectivity index (χ4v) is 2.76. The van der Waals surface area contributed by atoms with Gasteiger partial charge in [0.05, 0.1) is 5.75 Å². The summed E-state index contributed by atoms with van der Waals surface area (Å²) >= 11 is 2.48. The standard InChI is InChI=1S/C11H11N5O2S2/c12-9(18)6-1-3-7(4-2-6)14-8(17)5-19-11-16-15-10(13)20-11/h1-4H,5H2,(H2,12,18)(H2,13,15)(H,14,17). The molecule has 1 aromatic carbocycles. The summed E-state index contributed by atoms with van der Waals surface area (Å²) in [4.78, 5) is 22.6. The minimum Gasteiger partial charge on any atom is -0.374 e. The van der Waals surface area contributed by atoms with Gasteiger partial charge in [-0.3, -0.25) is 9.59 Å². The molecule has 0 saturated carbocycles. The summed E-state index contributed by atoms with van der Waals surface area (Å²) in [5.41, 5.74) is 11.6. The van der Waals surface area contributed by atoms with Crippen LogP contribution in [0.5, 0.6) is 0 Å². The number of nitrogens with two attached hydrogens (primary N) is 2. The van der Waals surface area contributed by atoms with Crippen molar-refractivity contribution in [1.29, 1.82) is 0 Å². The second-order valence-corrected chi connectivity index (χ2v) is 5.92. The van der Waals surface area contributed by atoms with Crippen LogP contribution in [0.1, 0.15) is 10.4 Å². The van der Waals surface area contributed by atoms with Crippen molar-refractivity contribution in [3.63, 3.8) is 0 Å². The number of nitrogen functional groups attached to an aromatic ring is 1. The van der Waals surface area contributed by atoms with Gasteiger partial charge in [0, 0.05) is 11.3 Å². The van der Waals surface area contributed by atoms with Gasteiger partial charge in [-0.2, -0.15) is 0 Å². The number of amides is 2. The molecule has 9 heteroatoms. The molecule has 5 N–H and O–H groups in total. The number of benzene rings is 1. The van der Waals surface area contributed by atoms with E-state index in [2.05, 4.69) is 15.5 Å². The number of rotatable bonds is 5. The van der Waals surface area contributed by atoms with E-state index < -0.39 is 5.91 Å². The van der Waals surface area contributed by atoms with Crippen LogP contribution in [0.15, 0.2) is 28.6 Å². The molecule has 0 aliphatic carbocycles. The van der Waals surface area contributed by atoms with Crippen LogP contribution < -0.4 is 16.8 Å². The molecule has 1 aromatic heterocycles. The van der Waals surface area contributed by atoms with Crippen molar-refractivity contribution in [3.05, 3.63) is 29.8 Å². The van der Waals surface area contributed by atoms with E-state index in [9.17, 15) is 9.59 Å². The van der Waals surface area contributed by atoms with E-state index >= 15 is 0 Å². The molecule has 104 valence electrons. The Balaban J connectivity index is 1.86. The highest BCUT2D eigenvalue weighted by Crippen LogP contribution is 2.23. The van der Waals surface area contributed by atoms with E-state index in [0.29, 0.717) is 20.7 Å². The Morgan fingerprint density at radius 2 is 1.95 bits per heavy atom. The molecule has 1 heterocycles. The molecule has 0 spiro atoms. The highest BCUT2D eigenvalue weighted by molar-refractivity contribution is 8.01. The van der Waals surface area contributed by atoms with Crippen LogP contribution in [-0.2, 0) is 4.79 Å². The molecule has 7 nitrogen and oxygen atoms in total. The normalized spacial score (nSPS) is 10.2. The van der Waals surface area contributed by atoms with Crippen LogP contribution in [0.2, 0.25) is 0 Å². The van der Waals surface area contributed by atoms with Crippen molar-refractivity contribution in [3.8, 4) is 0 Å². The van der Waals surface area contributed by atoms with Crippen molar-refractivity contribution < 1.29 is 9.59 Å². The largest absolute Gasteiger partial charge is 0.374 e. The SMILES string of the molecule is NC(=O)c1ccc(NC(=O)CSc2nnc(N)s2)cc1. The number of hydrogen-bond acceptors (Lipinski definition) is 7. The molecule has 0 aliphatic heterocycles. The van der Waals surface area contributed by atoms with Gasteiger partial charge in [0.2, 0.25) is 16.9 Å². The lowest BCUT2D eigenvalue weighted by atomic mass is 10.2. The van der Waals surface area contributed by atoms with Gasteiger partial charge in [0.25, 0.3) is 0 Å². The predicted octanol–water partition coefficient (Wildman–Crippen LogP) is 0.950. The monoisotopic (exact) mass is 309 g/mol. The zero-order valence-corrected chi connectivity index (χ0v) is 11.8. The highest BCUT2D eigenvalue weighted by Gasteiger charge is 2.07. The van der Waals surface area contributed by atoms with E-state index in [0.717, 1.165) is 0 Å². The van der Waals surface area contributed by atoms with E-state index in [-0.39, 0.29) is 11.7 Å². The number of thioether (sulfide) groups is 1. The van der Waals surface area contributed by atoms with Crippen LogP contribution in [0.3, 0.4) is 0 Å². The number of carbonyl (C=O) groups is 2. The van der Waals surface area contributed by atoms with E-state index in [1.165, 1.54) is 23.1 Å². The number of hydrogen-bond donors (Lipinski definition) is 3. The van der Waals surface area contributed by atoms with Crippen LogP contribution in [0, 0.1) is 0 Å². The average molecular weight is 309 g/mol. The molecule has 2 aromatic rings. The van der Waals surface area contributed by atoms with Gasteiger partial charge in [-0.05, 0) is 24.3 Å². The average Bonchev–Trinajstić information content (AvgIpc) is 2.83. The van der Waals surface area contributed by atoms with E-state index in [1.54, 1.807) is 24.3 Å². The Hall–Kier alpha value is -2.13. The minimum absolute atomic E-state index is 0.185. The summed E-state index contributed by atoms with van der Waals surface area (Å²) in [5.74, 6) is -0.491. The molecule has 0 saturated heterocycles. The third-order valence-corrected chi connectivity index (χ3v) is 4.09. The third-order valence-electron chi connectivity index (χ3n) is 2.20. The molecule has 2 amide bonds. The topological polar surface area (TPSA) is 124 Å². The second-order valence-electron chi connectivity index (χ2n) is 3.68. The Morgan fingerprint density at radius 3 is 2.50 bits per heavy atom. The fraction of sp³-hybridized carbons (Fsp3) is 0.0909. The summed E-state index contributed by atoms with van der Waals surface area (Å²) < 4.78 is 0.640. The first-order valence-corrected chi connectivity index (χ1v) is 7.26. The molecule has 0 radical (unpaired) electrons. The van der Waals surface area contributed by atoms with Gasteiger partial charge in [-0.25, -0.2) is 0 Å². The van der Waals surface area contributed by atoms with E-state index in [1.807, 2.05) is 0 Å². The Morgan fingerprint density at radius 1 is 1.25 bits per heavy atom. The maximum Gasteiger partial charge on any atom is 0.248 e. The van der Waals surface area contributed by atoms with E-state index in [4.69, 9.17) is 11.5 Å². The summed E-state index contributed by atoms with van der Waals surface area (Å²) in [6, 6.07) is 6.34. The molecule has 0 fully saturated rings. The lowest BCUT2D eigenvalue weighted by Crippen LogP contribution is -2.14. The number of aromatic nitrogens is 2. The molecule has 0 aliphatic rings. The second kappa shape index (κ2) is 6.35. The van der Waals surface area contributed by atoms with Crippen molar-refractivity contribution >= 4 is 45.7 Å². The fourth-order valence-electron chi connectivity index (χ4n) is 1.32. The summed E-state index contributed by atoms with van der Waals surface area (Å²) in [6.07, 6.45) is 0. The molecular formula is C11H11N5O2S2.